The van der Waals surface area contributed by atoms with E-state index in [1.54, 1.807) is 17.1 Å². The van der Waals surface area contributed by atoms with Crippen molar-refractivity contribution >= 4 is 33.3 Å². The number of hydrogen-bond donors (Lipinski definition) is 1. The van der Waals surface area contributed by atoms with Crippen molar-refractivity contribution < 1.29 is 9.84 Å². The number of pyridine rings is 1. The molecule has 0 bridgehead atoms. The fourth-order valence-electron chi connectivity index (χ4n) is 4.41. The number of hydrogen-bond acceptors (Lipinski definition) is 5. The predicted octanol–water partition coefficient (Wildman–Crippen LogP) is 3.82. The van der Waals surface area contributed by atoms with Crippen molar-refractivity contribution in [1.29, 1.82) is 0 Å². The first-order chi connectivity index (χ1) is 15.0. The molecule has 2 atom stereocenters. The lowest BCUT2D eigenvalue weighted by Crippen LogP contribution is -2.39. The SMILES string of the molecule is Cc1c(Cc2cc3c(=O)n([C@H]4CCOC[C@@H]4O)cnc3c3ccccc23)ccnc1Cl. The van der Waals surface area contributed by atoms with Gasteiger partial charge in [0.25, 0.3) is 5.56 Å². The molecule has 0 aliphatic carbocycles. The molecule has 1 fully saturated rings. The third kappa shape index (κ3) is 3.51. The maximum absolute atomic E-state index is 13.5. The summed E-state index contributed by atoms with van der Waals surface area (Å²) >= 11 is 6.23. The van der Waals surface area contributed by atoms with Crippen molar-refractivity contribution in [3.05, 3.63) is 81.1 Å². The number of rotatable bonds is 3. The molecule has 1 saturated heterocycles. The third-order valence-corrected chi connectivity index (χ3v) is 6.54. The Morgan fingerprint density at radius 3 is 2.77 bits per heavy atom. The summed E-state index contributed by atoms with van der Waals surface area (Å²) < 4.78 is 6.88. The average molecular weight is 436 g/mol. The molecule has 1 aliphatic rings. The van der Waals surface area contributed by atoms with Gasteiger partial charge >= 0.3 is 0 Å². The van der Waals surface area contributed by atoms with E-state index in [4.69, 9.17) is 16.3 Å². The number of aliphatic hydroxyl groups is 1. The number of halogens is 1. The Labute approximate surface area is 184 Å². The van der Waals surface area contributed by atoms with E-state index in [0.717, 1.165) is 27.5 Å². The molecule has 0 saturated carbocycles. The molecule has 3 heterocycles. The molecular formula is C24H22ClN3O3. The summed E-state index contributed by atoms with van der Waals surface area (Å²) in [6.07, 6.45) is 3.73. The summed E-state index contributed by atoms with van der Waals surface area (Å²) in [6, 6.07) is 11.5. The highest BCUT2D eigenvalue weighted by atomic mass is 35.5. The van der Waals surface area contributed by atoms with Gasteiger partial charge in [0.1, 0.15) is 5.15 Å². The van der Waals surface area contributed by atoms with Crippen LogP contribution in [0.5, 0.6) is 0 Å². The molecule has 0 amide bonds. The highest BCUT2D eigenvalue weighted by Gasteiger charge is 2.27. The van der Waals surface area contributed by atoms with Crippen LogP contribution in [0.4, 0.5) is 0 Å². The second-order valence-electron chi connectivity index (χ2n) is 8.00. The number of fused-ring (bicyclic) bond motifs is 3. The number of ether oxygens (including phenoxy) is 1. The molecule has 0 radical (unpaired) electrons. The molecule has 2 aromatic heterocycles. The van der Waals surface area contributed by atoms with E-state index in [2.05, 4.69) is 16.0 Å². The fourth-order valence-corrected chi connectivity index (χ4v) is 4.59. The van der Waals surface area contributed by atoms with Gasteiger partial charge in [0.05, 0.1) is 36.0 Å². The molecule has 7 heteroatoms. The van der Waals surface area contributed by atoms with Crippen molar-refractivity contribution in [2.75, 3.05) is 13.2 Å². The van der Waals surface area contributed by atoms with Crippen molar-refractivity contribution in [2.24, 2.45) is 0 Å². The van der Waals surface area contributed by atoms with E-state index in [9.17, 15) is 9.90 Å². The van der Waals surface area contributed by atoms with Crippen LogP contribution in [0.2, 0.25) is 5.15 Å². The van der Waals surface area contributed by atoms with Gasteiger partial charge in [0, 0.05) is 18.2 Å². The lowest BCUT2D eigenvalue weighted by atomic mass is 9.95. The van der Waals surface area contributed by atoms with Crippen LogP contribution in [0, 0.1) is 6.92 Å². The van der Waals surface area contributed by atoms with E-state index < -0.39 is 6.10 Å². The van der Waals surface area contributed by atoms with Crippen LogP contribution in [0.3, 0.4) is 0 Å². The van der Waals surface area contributed by atoms with E-state index in [-0.39, 0.29) is 18.2 Å². The van der Waals surface area contributed by atoms with E-state index >= 15 is 0 Å². The van der Waals surface area contributed by atoms with Crippen LogP contribution in [0.1, 0.15) is 29.2 Å². The summed E-state index contributed by atoms with van der Waals surface area (Å²) in [7, 11) is 0. The van der Waals surface area contributed by atoms with Gasteiger partial charge in [0.2, 0.25) is 0 Å². The van der Waals surface area contributed by atoms with Crippen molar-refractivity contribution in [3.63, 3.8) is 0 Å². The minimum atomic E-state index is -0.729. The molecule has 1 aliphatic heterocycles. The van der Waals surface area contributed by atoms with Gasteiger partial charge < -0.3 is 9.84 Å². The summed E-state index contributed by atoms with van der Waals surface area (Å²) in [6.45, 7) is 2.69. The standard InChI is InChI=1S/C24H22ClN3O3/c1-14-15(6-8-26-23(14)25)10-16-11-19-22(18-5-3-2-4-17(16)18)27-13-28(24(19)30)20-7-9-31-12-21(20)29/h2-6,8,11,13,20-21,29H,7,9-10,12H2,1H3/t20-,21-/m0/s1. The zero-order valence-corrected chi connectivity index (χ0v) is 17.8. The van der Waals surface area contributed by atoms with Gasteiger partial charge in [0.15, 0.2) is 0 Å². The summed E-state index contributed by atoms with van der Waals surface area (Å²) in [5.41, 5.74) is 3.55. The lowest BCUT2D eigenvalue weighted by Gasteiger charge is -2.29. The van der Waals surface area contributed by atoms with Crippen LogP contribution >= 0.6 is 11.6 Å². The van der Waals surface area contributed by atoms with Gasteiger partial charge in [-0.2, -0.15) is 0 Å². The minimum absolute atomic E-state index is 0.146. The van der Waals surface area contributed by atoms with Crippen molar-refractivity contribution in [3.8, 4) is 0 Å². The smallest absolute Gasteiger partial charge is 0.261 e. The van der Waals surface area contributed by atoms with Gasteiger partial charge in [-0.3, -0.25) is 9.36 Å². The van der Waals surface area contributed by atoms with Crippen LogP contribution < -0.4 is 5.56 Å². The van der Waals surface area contributed by atoms with E-state index in [1.165, 1.54) is 0 Å². The Morgan fingerprint density at radius 2 is 1.97 bits per heavy atom. The molecule has 0 spiro atoms. The summed E-state index contributed by atoms with van der Waals surface area (Å²) in [5, 5.41) is 13.4. The minimum Gasteiger partial charge on any atom is -0.389 e. The Bertz CT molecular complexity index is 1350. The quantitative estimate of drug-likeness (QED) is 0.391. The molecule has 2 aromatic carbocycles. The Hall–Kier alpha value is -2.80. The Morgan fingerprint density at radius 1 is 1.16 bits per heavy atom. The van der Waals surface area contributed by atoms with Gasteiger partial charge in [-0.05, 0) is 54.0 Å². The fraction of sp³-hybridized carbons (Fsp3) is 0.292. The monoisotopic (exact) mass is 435 g/mol. The first-order valence-corrected chi connectivity index (χ1v) is 10.7. The largest absolute Gasteiger partial charge is 0.389 e. The molecule has 158 valence electrons. The van der Waals surface area contributed by atoms with Gasteiger partial charge in [-0.15, -0.1) is 0 Å². The predicted molar refractivity (Wildman–Crippen MR) is 121 cm³/mol. The molecule has 5 rings (SSSR count). The molecular weight excluding hydrogens is 414 g/mol. The van der Waals surface area contributed by atoms with Crippen LogP contribution in [-0.2, 0) is 11.2 Å². The first kappa shape index (κ1) is 20.1. The normalized spacial score (nSPS) is 19.2. The van der Waals surface area contributed by atoms with E-state index in [0.29, 0.717) is 35.5 Å². The maximum Gasteiger partial charge on any atom is 0.261 e. The average Bonchev–Trinajstić information content (AvgIpc) is 2.78. The highest BCUT2D eigenvalue weighted by Crippen LogP contribution is 2.30. The zero-order valence-electron chi connectivity index (χ0n) is 17.1. The first-order valence-electron chi connectivity index (χ1n) is 10.3. The van der Waals surface area contributed by atoms with Crippen LogP contribution in [-0.4, -0.2) is 39.0 Å². The molecule has 6 nitrogen and oxygen atoms in total. The number of aliphatic hydroxyl groups excluding tert-OH is 1. The zero-order chi connectivity index (χ0) is 21.5. The number of nitrogens with zero attached hydrogens (tertiary/aromatic N) is 3. The number of benzene rings is 2. The van der Waals surface area contributed by atoms with Crippen LogP contribution in [0.25, 0.3) is 21.7 Å². The lowest BCUT2D eigenvalue weighted by molar-refractivity contribution is -0.0395. The second kappa shape index (κ2) is 8.04. The summed E-state index contributed by atoms with van der Waals surface area (Å²) in [4.78, 5) is 22.3. The molecule has 4 aromatic rings. The maximum atomic E-state index is 13.5. The topological polar surface area (TPSA) is 77.2 Å². The molecule has 31 heavy (non-hydrogen) atoms. The summed E-state index contributed by atoms with van der Waals surface area (Å²) in [5.74, 6) is 0. The van der Waals surface area contributed by atoms with Crippen molar-refractivity contribution in [1.82, 2.24) is 14.5 Å². The molecule has 1 N–H and O–H groups in total. The van der Waals surface area contributed by atoms with Gasteiger partial charge in [-0.25, -0.2) is 9.97 Å². The van der Waals surface area contributed by atoms with Gasteiger partial charge in [-0.1, -0.05) is 35.9 Å². The Kier molecular flexibility index (Phi) is 5.22. The van der Waals surface area contributed by atoms with E-state index in [1.807, 2.05) is 37.3 Å². The highest BCUT2D eigenvalue weighted by molar-refractivity contribution is 6.30. The molecule has 0 unspecified atom stereocenters. The third-order valence-electron chi connectivity index (χ3n) is 6.16. The second-order valence-corrected chi connectivity index (χ2v) is 8.35. The van der Waals surface area contributed by atoms with Crippen molar-refractivity contribution in [2.45, 2.75) is 31.9 Å². The number of aromatic nitrogens is 3. The van der Waals surface area contributed by atoms with Crippen LogP contribution in [0.15, 0.2) is 53.7 Å². The Balaban J connectivity index is 1.72.